The Bertz CT molecular complexity index is 151. The van der Waals surface area contributed by atoms with Crippen molar-refractivity contribution in [1.82, 2.24) is 10.2 Å². The summed E-state index contributed by atoms with van der Waals surface area (Å²) in [6.07, 6.45) is 0. The molecular formula is C7H14N2OS. The van der Waals surface area contributed by atoms with Crippen LogP contribution in [0.3, 0.4) is 0 Å². The minimum Gasteiger partial charge on any atom is -0.341 e. The van der Waals surface area contributed by atoms with Gasteiger partial charge in [-0.1, -0.05) is 6.92 Å². The van der Waals surface area contributed by atoms with Gasteiger partial charge >= 0.3 is 6.03 Å². The lowest BCUT2D eigenvalue weighted by Gasteiger charge is -2.29. The third-order valence-corrected chi connectivity index (χ3v) is 2.88. The highest BCUT2D eigenvalue weighted by Gasteiger charge is 2.19. The number of amides is 2. The first kappa shape index (κ1) is 8.71. The molecule has 2 amide bonds. The van der Waals surface area contributed by atoms with Crippen molar-refractivity contribution in [3.63, 3.8) is 0 Å². The zero-order valence-electron chi connectivity index (χ0n) is 6.96. The van der Waals surface area contributed by atoms with Crippen molar-refractivity contribution in [1.29, 1.82) is 0 Å². The predicted molar refractivity (Wildman–Crippen MR) is 47.9 cm³/mol. The number of nitrogens with one attached hydrogen (secondary N) is 1. The van der Waals surface area contributed by atoms with Crippen LogP contribution in [0.5, 0.6) is 0 Å². The van der Waals surface area contributed by atoms with Crippen molar-refractivity contribution in [2.24, 2.45) is 0 Å². The zero-order valence-corrected chi connectivity index (χ0v) is 7.78. The van der Waals surface area contributed by atoms with E-state index in [1.807, 2.05) is 16.7 Å². The SMILES string of the molecule is CNC(=O)N1CCSC(C)C1. The van der Waals surface area contributed by atoms with Crippen molar-refractivity contribution in [2.45, 2.75) is 12.2 Å². The normalized spacial score (nSPS) is 24.9. The maximum atomic E-state index is 11.1. The van der Waals surface area contributed by atoms with Crippen LogP contribution < -0.4 is 5.32 Å². The molecule has 1 fully saturated rings. The van der Waals surface area contributed by atoms with Crippen LogP contribution in [-0.4, -0.2) is 42.1 Å². The van der Waals surface area contributed by atoms with E-state index < -0.39 is 0 Å². The molecule has 0 radical (unpaired) electrons. The standard InChI is InChI=1S/C7H14N2OS/c1-6-5-9(3-4-11-6)7(10)8-2/h6H,3-5H2,1-2H3,(H,8,10). The molecule has 1 saturated heterocycles. The molecule has 0 saturated carbocycles. The molecule has 64 valence electrons. The summed E-state index contributed by atoms with van der Waals surface area (Å²) in [5.74, 6) is 1.06. The van der Waals surface area contributed by atoms with E-state index in [2.05, 4.69) is 12.2 Å². The lowest BCUT2D eigenvalue weighted by Crippen LogP contribution is -2.45. The van der Waals surface area contributed by atoms with Crippen LogP contribution in [0.15, 0.2) is 0 Å². The number of carbonyl (C=O) groups is 1. The number of hydrogen-bond donors (Lipinski definition) is 1. The van der Waals surface area contributed by atoms with Gasteiger partial charge in [-0.2, -0.15) is 11.8 Å². The van der Waals surface area contributed by atoms with Crippen molar-refractivity contribution in [3.05, 3.63) is 0 Å². The number of hydrogen-bond acceptors (Lipinski definition) is 2. The van der Waals surface area contributed by atoms with Crippen molar-refractivity contribution in [2.75, 3.05) is 25.9 Å². The van der Waals surface area contributed by atoms with E-state index in [0.717, 1.165) is 18.8 Å². The van der Waals surface area contributed by atoms with E-state index >= 15 is 0 Å². The Morgan fingerprint density at radius 1 is 1.73 bits per heavy atom. The largest absolute Gasteiger partial charge is 0.341 e. The molecule has 0 aromatic carbocycles. The third kappa shape index (κ3) is 2.29. The Kier molecular flexibility index (Phi) is 3.05. The molecule has 1 atom stereocenters. The van der Waals surface area contributed by atoms with Crippen LogP contribution in [0.2, 0.25) is 0 Å². The topological polar surface area (TPSA) is 32.3 Å². The average molecular weight is 174 g/mol. The number of nitrogens with zero attached hydrogens (tertiary/aromatic N) is 1. The summed E-state index contributed by atoms with van der Waals surface area (Å²) >= 11 is 1.93. The van der Waals surface area contributed by atoms with Gasteiger partial charge in [0.1, 0.15) is 0 Å². The molecule has 4 heteroatoms. The number of carbonyl (C=O) groups excluding carboxylic acids is 1. The summed E-state index contributed by atoms with van der Waals surface area (Å²) < 4.78 is 0. The molecule has 1 heterocycles. The van der Waals surface area contributed by atoms with Gasteiger partial charge in [0.15, 0.2) is 0 Å². The zero-order chi connectivity index (χ0) is 8.27. The lowest BCUT2D eigenvalue weighted by molar-refractivity contribution is 0.202. The summed E-state index contributed by atoms with van der Waals surface area (Å²) in [5, 5.41) is 3.22. The van der Waals surface area contributed by atoms with Crippen molar-refractivity contribution < 1.29 is 4.79 Å². The molecule has 1 aliphatic heterocycles. The summed E-state index contributed by atoms with van der Waals surface area (Å²) in [4.78, 5) is 13.0. The van der Waals surface area contributed by atoms with Gasteiger partial charge in [-0.15, -0.1) is 0 Å². The average Bonchev–Trinajstić information content (AvgIpc) is 2.03. The molecule has 3 nitrogen and oxygen atoms in total. The maximum Gasteiger partial charge on any atom is 0.317 e. The summed E-state index contributed by atoms with van der Waals surface area (Å²) in [5.41, 5.74) is 0. The molecule has 0 aliphatic carbocycles. The molecule has 0 bridgehead atoms. The Morgan fingerprint density at radius 3 is 3.00 bits per heavy atom. The second kappa shape index (κ2) is 3.85. The second-order valence-electron chi connectivity index (χ2n) is 2.68. The Morgan fingerprint density at radius 2 is 2.45 bits per heavy atom. The van der Waals surface area contributed by atoms with E-state index in [1.165, 1.54) is 0 Å². The van der Waals surface area contributed by atoms with Crippen LogP contribution >= 0.6 is 11.8 Å². The lowest BCUT2D eigenvalue weighted by atomic mass is 10.4. The predicted octanol–water partition coefficient (Wildman–Crippen LogP) is 0.763. The van der Waals surface area contributed by atoms with Gasteiger partial charge in [0.25, 0.3) is 0 Å². The molecule has 0 aromatic rings. The van der Waals surface area contributed by atoms with Gasteiger partial charge in [-0.3, -0.25) is 0 Å². The molecule has 0 aromatic heterocycles. The van der Waals surface area contributed by atoms with Gasteiger partial charge in [0.05, 0.1) is 0 Å². The summed E-state index contributed by atoms with van der Waals surface area (Å²) in [6.45, 7) is 3.92. The van der Waals surface area contributed by atoms with E-state index in [0.29, 0.717) is 5.25 Å². The Hall–Kier alpha value is -0.380. The van der Waals surface area contributed by atoms with E-state index in [4.69, 9.17) is 0 Å². The summed E-state index contributed by atoms with van der Waals surface area (Å²) in [7, 11) is 1.68. The van der Waals surface area contributed by atoms with Crippen molar-refractivity contribution in [3.8, 4) is 0 Å². The first-order valence-electron chi connectivity index (χ1n) is 3.82. The molecule has 1 aliphatic rings. The van der Waals surface area contributed by atoms with E-state index in [9.17, 15) is 4.79 Å². The summed E-state index contributed by atoms with van der Waals surface area (Å²) in [6, 6.07) is 0.0529. The minimum absolute atomic E-state index is 0.0529. The highest BCUT2D eigenvalue weighted by molar-refractivity contribution is 7.99. The fraction of sp³-hybridized carbons (Fsp3) is 0.857. The third-order valence-electron chi connectivity index (χ3n) is 1.74. The van der Waals surface area contributed by atoms with Crippen LogP contribution in [0.25, 0.3) is 0 Å². The van der Waals surface area contributed by atoms with Crippen LogP contribution in [0, 0.1) is 0 Å². The van der Waals surface area contributed by atoms with Gasteiger partial charge < -0.3 is 10.2 Å². The van der Waals surface area contributed by atoms with Gasteiger partial charge in [0.2, 0.25) is 0 Å². The molecule has 11 heavy (non-hydrogen) atoms. The highest BCUT2D eigenvalue weighted by atomic mass is 32.2. The van der Waals surface area contributed by atoms with Crippen molar-refractivity contribution >= 4 is 17.8 Å². The molecule has 0 spiro atoms. The smallest absolute Gasteiger partial charge is 0.317 e. The minimum atomic E-state index is 0.0529. The first-order valence-corrected chi connectivity index (χ1v) is 4.87. The fourth-order valence-electron chi connectivity index (χ4n) is 1.16. The number of urea groups is 1. The van der Waals surface area contributed by atoms with Gasteiger partial charge in [-0.25, -0.2) is 4.79 Å². The maximum absolute atomic E-state index is 11.1. The van der Waals surface area contributed by atoms with Crippen LogP contribution in [-0.2, 0) is 0 Å². The van der Waals surface area contributed by atoms with Gasteiger partial charge in [0, 0.05) is 31.1 Å². The first-order chi connectivity index (χ1) is 5.24. The molecule has 1 N–H and O–H groups in total. The van der Waals surface area contributed by atoms with Gasteiger partial charge in [-0.05, 0) is 0 Å². The molecule has 1 unspecified atom stereocenters. The van der Waals surface area contributed by atoms with Crippen LogP contribution in [0.1, 0.15) is 6.92 Å². The number of rotatable bonds is 0. The second-order valence-corrected chi connectivity index (χ2v) is 4.23. The Balaban J connectivity index is 2.39. The van der Waals surface area contributed by atoms with Crippen LogP contribution in [0.4, 0.5) is 4.79 Å². The molecule has 1 rings (SSSR count). The fourth-order valence-corrected chi connectivity index (χ4v) is 2.17. The Labute approximate surface area is 71.5 Å². The van der Waals surface area contributed by atoms with E-state index in [1.54, 1.807) is 7.05 Å². The van der Waals surface area contributed by atoms with E-state index in [-0.39, 0.29) is 6.03 Å². The monoisotopic (exact) mass is 174 g/mol. The quantitative estimate of drug-likeness (QED) is 0.588. The number of thioether (sulfide) groups is 1. The highest BCUT2D eigenvalue weighted by Crippen LogP contribution is 2.17. The molecular weight excluding hydrogens is 160 g/mol.